The number of aromatic nitrogens is 1. The molecule has 0 spiro atoms. The predicted molar refractivity (Wildman–Crippen MR) is 26.3 cm³/mol. The quantitative estimate of drug-likeness (QED) is 0.513. The van der Waals surface area contributed by atoms with Crippen LogP contribution < -0.4 is 0 Å². The zero-order valence-electron chi connectivity index (χ0n) is 4.00. The van der Waals surface area contributed by atoms with Gasteiger partial charge >= 0.3 is 0 Å². The van der Waals surface area contributed by atoms with Crippen molar-refractivity contribution in [1.29, 1.82) is 0 Å². The lowest BCUT2D eigenvalue weighted by atomic mass is 10.5. The van der Waals surface area contributed by atoms with E-state index in [9.17, 15) is 0 Å². The first-order valence-corrected chi connectivity index (χ1v) is 2.24. The number of nitrogens with zero attached hydrogens (tertiary/aromatic N) is 1. The molecule has 0 radical (unpaired) electrons. The van der Waals surface area contributed by atoms with E-state index in [-0.39, 0.29) is 0 Å². The van der Waals surface area contributed by atoms with Gasteiger partial charge in [0.1, 0.15) is 0 Å². The van der Waals surface area contributed by atoms with Crippen molar-refractivity contribution in [3.05, 3.63) is 18.6 Å². The molecule has 0 saturated carbocycles. The van der Waals surface area contributed by atoms with E-state index < -0.39 is 0 Å². The highest BCUT2D eigenvalue weighted by atomic mass is 16.5. The Morgan fingerprint density at radius 1 is 1.50 bits per heavy atom. The fourth-order valence-corrected chi connectivity index (χ4v) is 0.609. The maximum atomic E-state index is 4.90. The first kappa shape index (κ1) is 3.72. The van der Waals surface area contributed by atoms with Gasteiger partial charge in [0, 0.05) is 6.07 Å². The highest BCUT2D eigenvalue weighted by molar-refractivity contribution is 5.69. The summed E-state index contributed by atoms with van der Waals surface area (Å²) in [6.07, 6.45) is 3.04. The van der Waals surface area contributed by atoms with Crippen LogP contribution >= 0.6 is 0 Å². The summed E-state index contributed by atoms with van der Waals surface area (Å²) in [5, 5.41) is 3.61. The van der Waals surface area contributed by atoms with Gasteiger partial charge < -0.3 is 8.94 Å². The number of hydrogen-bond donors (Lipinski definition) is 0. The zero-order chi connectivity index (χ0) is 5.40. The van der Waals surface area contributed by atoms with Gasteiger partial charge in [-0.1, -0.05) is 5.16 Å². The van der Waals surface area contributed by atoms with Crippen LogP contribution in [0.2, 0.25) is 0 Å². The van der Waals surface area contributed by atoms with Crippen LogP contribution in [0, 0.1) is 0 Å². The lowest BCUT2D eigenvalue weighted by Gasteiger charge is -1.61. The molecule has 0 aliphatic rings. The van der Waals surface area contributed by atoms with Crippen LogP contribution in [-0.4, -0.2) is 5.16 Å². The van der Waals surface area contributed by atoms with Crippen molar-refractivity contribution >= 4 is 11.1 Å². The van der Waals surface area contributed by atoms with Gasteiger partial charge in [0.2, 0.25) is 0 Å². The lowest BCUT2D eigenvalue weighted by molar-refractivity contribution is 0.423. The summed E-state index contributed by atoms with van der Waals surface area (Å²) in [6, 6.07) is 1.75. The Labute approximate surface area is 44.9 Å². The summed E-state index contributed by atoms with van der Waals surface area (Å²) in [6.45, 7) is 0. The van der Waals surface area contributed by atoms with E-state index >= 15 is 0 Å². The number of fused-ring (bicyclic) bond motifs is 1. The molecule has 40 valence electrons. The van der Waals surface area contributed by atoms with Gasteiger partial charge in [-0.2, -0.15) is 0 Å². The molecule has 2 heterocycles. The fraction of sp³-hybridized carbons (Fsp3) is 0. The molecule has 0 amide bonds. The van der Waals surface area contributed by atoms with Crippen LogP contribution in [0.3, 0.4) is 0 Å². The monoisotopic (exact) mass is 109 g/mol. The maximum absolute atomic E-state index is 4.90. The van der Waals surface area contributed by atoms with Crippen molar-refractivity contribution < 1.29 is 8.94 Å². The SMILES string of the molecule is c1cc2nocc2o1. The Balaban J connectivity index is 3.06. The van der Waals surface area contributed by atoms with Crippen molar-refractivity contribution in [2.75, 3.05) is 0 Å². The van der Waals surface area contributed by atoms with E-state index in [0.717, 1.165) is 5.52 Å². The van der Waals surface area contributed by atoms with E-state index in [0.29, 0.717) is 5.58 Å². The van der Waals surface area contributed by atoms with Crippen LogP contribution in [0.15, 0.2) is 27.5 Å². The molecule has 2 rings (SSSR count). The standard InChI is InChI=1S/C5H3NO2/c1-2-7-5-3-8-6-4(1)5/h1-3H. The van der Waals surface area contributed by atoms with Gasteiger partial charge in [-0.3, -0.25) is 0 Å². The van der Waals surface area contributed by atoms with E-state index in [1.165, 1.54) is 6.26 Å². The summed E-state index contributed by atoms with van der Waals surface area (Å²) in [5.74, 6) is 0. The Hall–Kier alpha value is -1.25. The second kappa shape index (κ2) is 1.12. The summed E-state index contributed by atoms with van der Waals surface area (Å²) in [4.78, 5) is 0. The first-order chi connectivity index (χ1) is 3.97. The van der Waals surface area contributed by atoms with Crippen molar-refractivity contribution in [3.63, 3.8) is 0 Å². The predicted octanol–water partition coefficient (Wildman–Crippen LogP) is 1.42. The second-order valence-corrected chi connectivity index (χ2v) is 1.48. The minimum atomic E-state index is 0.699. The molecular weight excluding hydrogens is 106 g/mol. The second-order valence-electron chi connectivity index (χ2n) is 1.48. The van der Waals surface area contributed by atoms with Crippen molar-refractivity contribution in [2.45, 2.75) is 0 Å². The highest BCUT2D eigenvalue weighted by Crippen LogP contribution is 2.10. The molecule has 0 N–H and O–H groups in total. The van der Waals surface area contributed by atoms with Crippen molar-refractivity contribution in [1.82, 2.24) is 5.16 Å². The molecule has 2 aromatic rings. The molecule has 0 fully saturated rings. The first-order valence-electron chi connectivity index (χ1n) is 2.24. The van der Waals surface area contributed by atoms with Crippen LogP contribution in [0.1, 0.15) is 0 Å². The number of rotatable bonds is 0. The van der Waals surface area contributed by atoms with Crippen LogP contribution in [0.4, 0.5) is 0 Å². The number of furan rings is 1. The zero-order valence-corrected chi connectivity index (χ0v) is 4.00. The third kappa shape index (κ3) is 0.307. The third-order valence-electron chi connectivity index (χ3n) is 0.984. The smallest absolute Gasteiger partial charge is 0.193 e. The molecule has 0 aliphatic carbocycles. The molecule has 3 nitrogen and oxygen atoms in total. The third-order valence-corrected chi connectivity index (χ3v) is 0.984. The molecular formula is C5H3NO2. The molecule has 0 saturated heterocycles. The Morgan fingerprint density at radius 3 is 3.38 bits per heavy atom. The van der Waals surface area contributed by atoms with Crippen LogP contribution in [0.25, 0.3) is 11.1 Å². The van der Waals surface area contributed by atoms with Crippen LogP contribution in [-0.2, 0) is 0 Å². The van der Waals surface area contributed by atoms with E-state index in [1.54, 1.807) is 12.3 Å². The van der Waals surface area contributed by atoms with E-state index in [1.807, 2.05) is 0 Å². The molecule has 0 unspecified atom stereocenters. The summed E-state index contributed by atoms with van der Waals surface area (Å²) in [7, 11) is 0. The summed E-state index contributed by atoms with van der Waals surface area (Å²) < 4.78 is 9.46. The highest BCUT2D eigenvalue weighted by Gasteiger charge is 1.96. The number of hydrogen-bond acceptors (Lipinski definition) is 3. The Morgan fingerprint density at radius 2 is 2.50 bits per heavy atom. The minimum absolute atomic E-state index is 0.699. The van der Waals surface area contributed by atoms with Crippen LogP contribution in [0.5, 0.6) is 0 Å². The van der Waals surface area contributed by atoms with Gasteiger partial charge in [-0.25, -0.2) is 0 Å². The van der Waals surface area contributed by atoms with Gasteiger partial charge in [0.05, 0.1) is 6.26 Å². The molecule has 0 aromatic carbocycles. The van der Waals surface area contributed by atoms with Crippen molar-refractivity contribution in [3.8, 4) is 0 Å². The largest absolute Gasteiger partial charge is 0.459 e. The van der Waals surface area contributed by atoms with E-state index in [2.05, 4.69) is 9.68 Å². The van der Waals surface area contributed by atoms with Gasteiger partial charge in [0.25, 0.3) is 0 Å². The summed E-state index contributed by atoms with van der Waals surface area (Å²) in [5.41, 5.74) is 1.47. The summed E-state index contributed by atoms with van der Waals surface area (Å²) >= 11 is 0. The average Bonchev–Trinajstić information content (AvgIpc) is 2.15. The normalized spacial score (nSPS) is 10.5. The molecule has 8 heavy (non-hydrogen) atoms. The molecule has 0 bridgehead atoms. The lowest BCUT2D eigenvalue weighted by Crippen LogP contribution is -1.49. The van der Waals surface area contributed by atoms with Gasteiger partial charge in [-0.15, -0.1) is 0 Å². The molecule has 0 aliphatic heterocycles. The van der Waals surface area contributed by atoms with Crippen molar-refractivity contribution in [2.24, 2.45) is 0 Å². The molecule has 0 atom stereocenters. The Kier molecular flexibility index (Phi) is 0.521. The van der Waals surface area contributed by atoms with Gasteiger partial charge in [0.15, 0.2) is 17.4 Å². The molecule has 2 aromatic heterocycles. The topological polar surface area (TPSA) is 39.2 Å². The van der Waals surface area contributed by atoms with Gasteiger partial charge in [-0.05, 0) is 0 Å². The fourth-order valence-electron chi connectivity index (χ4n) is 0.609. The minimum Gasteiger partial charge on any atom is -0.459 e. The molecule has 3 heteroatoms. The average molecular weight is 109 g/mol. The maximum Gasteiger partial charge on any atom is 0.193 e. The Bertz CT molecular complexity index is 232. The van der Waals surface area contributed by atoms with E-state index in [4.69, 9.17) is 4.42 Å².